The van der Waals surface area contributed by atoms with Crippen molar-refractivity contribution in [2.45, 2.75) is 13.8 Å². The third-order valence-corrected chi connectivity index (χ3v) is 3.81. The molecule has 1 heterocycles. The Morgan fingerprint density at radius 3 is 1.96 bits per heavy atom. The fraction of sp³-hybridized carbons (Fsp3) is 0.222. The van der Waals surface area contributed by atoms with E-state index in [0.29, 0.717) is 23.3 Å². The van der Waals surface area contributed by atoms with Crippen LogP contribution in [0.15, 0.2) is 40.8 Å². The number of aromatic nitrogens is 2. The molecule has 3 aromatic rings. The van der Waals surface area contributed by atoms with E-state index in [-0.39, 0.29) is 0 Å². The molecule has 0 fully saturated rings. The Balaban J connectivity index is 1.97. The van der Waals surface area contributed by atoms with Crippen molar-refractivity contribution >= 4 is 0 Å². The monoisotopic (exact) mass is 310 g/mol. The molecule has 0 N–H and O–H groups in total. The average molecular weight is 310 g/mol. The van der Waals surface area contributed by atoms with Crippen molar-refractivity contribution in [1.82, 2.24) is 10.2 Å². The summed E-state index contributed by atoms with van der Waals surface area (Å²) < 4.78 is 16.3. The summed E-state index contributed by atoms with van der Waals surface area (Å²) in [5.41, 5.74) is 4.11. The molecule has 0 saturated carbocycles. The van der Waals surface area contributed by atoms with Crippen LogP contribution in [0.4, 0.5) is 0 Å². The van der Waals surface area contributed by atoms with E-state index in [1.165, 1.54) is 11.1 Å². The van der Waals surface area contributed by atoms with Gasteiger partial charge in [-0.1, -0.05) is 6.07 Å². The fourth-order valence-corrected chi connectivity index (χ4v) is 2.30. The van der Waals surface area contributed by atoms with Gasteiger partial charge in [0.15, 0.2) is 11.5 Å². The molecule has 23 heavy (non-hydrogen) atoms. The molecule has 0 radical (unpaired) electrons. The number of ether oxygens (including phenoxy) is 2. The lowest BCUT2D eigenvalue weighted by atomic mass is 10.1. The summed E-state index contributed by atoms with van der Waals surface area (Å²) in [6.45, 7) is 4.13. The maximum atomic E-state index is 5.81. The van der Waals surface area contributed by atoms with Gasteiger partial charge < -0.3 is 13.9 Å². The lowest BCUT2D eigenvalue weighted by Gasteiger charge is -2.07. The van der Waals surface area contributed by atoms with Crippen molar-refractivity contribution in [3.05, 3.63) is 47.5 Å². The van der Waals surface area contributed by atoms with Crippen LogP contribution in [0.2, 0.25) is 0 Å². The van der Waals surface area contributed by atoms with E-state index < -0.39 is 0 Å². The minimum atomic E-state index is 0.444. The minimum Gasteiger partial charge on any atom is -0.493 e. The van der Waals surface area contributed by atoms with E-state index in [1.807, 2.05) is 36.4 Å². The van der Waals surface area contributed by atoms with Crippen LogP contribution >= 0.6 is 0 Å². The number of hydrogen-bond acceptors (Lipinski definition) is 5. The summed E-state index contributed by atoms with van der Waals surface area (Å²) in [7, 11) is 3.19. The SMILES string of the molecule is COc1ccc(-c2nnc(-c3ccc(C)c(C)c3)o2)cc1OC. The Morgan fingerprint density at radius 1 is 0.739 bits per heavy atom. The Labute approximate surface area is 134 Å². The third-order valence-electron chi connectivity index (χ3n) is 3.81. The standard InChI is InChI=1S/C18H18N2O3/c1-11-5-6-13(9-12(11)2)17-19-20-18(23-17)14-7-8-15(21-3)16(10-14)22-4/h5-10H,1-4H3. The molecule has 0 aliphatic heterocycles. The van der Waals surface area contributed by atoms with Crippen LogP contribution in [0.5, 0.6) is 11.5 Å². The van der Waals surface area contributed by atoms with Gasteiger partial charge in [0.1, 0.15) is 0 Å². The van der Waals surface area contributed by atoms with Crippen molar-refractivity contribution < 1.29 is 13.9 Å². The first kappa shape index (κ1) is 15.1. The molecular weight excluding hydrogens is 292 g/mol. The van der Waals surface area contributed by atoms with Crippen molar-refractivity contribution in [2.24, 2.45) is 0 Å². The summed E-state index contributed by atoms with van der Waals surface area (Å²) in [5, 5.41) is 8.28. The third kappa shape index (κ3) is 2.90. The number of aryl methyl sites for hydroxylation is 2. The molecule has 0 aliphatic carbocycles. The van der Waals surface area contributed by atoms with Crippen LogP contribution in [0, 0.1) is 13.8 Å². The van der Waals surface area contributed by atoms with E-state index in [9.17, 15) is 0 Å². The zero-order valence-corrected chi connectivity index (χ0v) is 13.6. The van der Waals surface area contributed by atoms with Crippen LogP contribution in [-0.2, 0) is 0 Å². The van der Waals surface area contributed by atoms with Crippen molar-refractivity contribution in [3.8, 4) is 34.4 Å². The Bertz CT molecular complexity index is 840. The van der Waals surface area contributed by atoms with Crippen LogP contribution in [-0.4, -0.2) is 24.4 Å². The molecule has 0 spiro atoms. The molecule has 0 atom stereocenters. The van der Waals surface area contributed by atoms with Gasteiger partial charge in [0, 0.05) is 11.1 Å². The summed E-state index contributed by atoms with van der Waals surface area (Å²) >= 11 is 0. The van der Waals surface area contributed by atoms with Crippen molar-refractivity contribution in [3.63, 3.8) is 0 Å². The van der Waals surface area contributed by atoms with E-state index in [1.54, 1.807) is 14.2 Å². The second-order valence-corrected chi connectivity index (χ2v) is 5.28. The minimum absolute atomic E-state index is 0.444. The number of nitrogens with zero attached hydrogens (tertiary/aromatic N) is 2. The predicted molar refractivity (Wildman–Crippen MR) is 87.7 cm³/mol. The van der Waals surface area contributed by atoms with Crippen LogP contribution < -0.4 is 9.47 Å². The Kier molecular flexibility index (Phi) is 4.02. The van der Waals surface area contributed by atoms with Crippen LogP contribution in [0.1, 0.15) is 11.1 Å². The van der Waals surface area contributed by atoms with E-state index >= 15 is 0 Å². The lowest BCUT2D eigenvalue weighted by molar-refractivity contribution is 0.355. The van der Waals surface area contributed by atoms with Gasteiger partial charge in [0.2, 0.25) is 11.8 Å². The maximum absolute atomic E-state index is 5.81. The number of rotatable bonds is 4. The van der Waals surface area contributed by atoms with Gasteiger partial charge in [0.25, 0.3) is 0 Å². The van der Waals surface area contributed by atoms with Gasteiger partial charge in [-0.2, -0.15) is 0 Å². The van der Waals surface area contributed by atoms with Gasteiger partial charge >= 0.3 is 0 Å². The van der Waals surface area contributed by atoms with Crippen molar-refractivity contribution in [2.75, 3.05) is 14.2 Å². The van der Waals surface area contributed by atoms with Gasteiger partial charge in [-0.3, -0.25) is 0 Å². The molecular formula is C18H18N2O3. The van der Waals surface area contributed by atoms with Crippen LogP contribution in [0.25, 0.3) is 22.9 Å². The molecule has 2 aromatic carbocycles. The summed E-state index contributed by atoms with van der Waals surface area (Å²) in [5.74, 6) is 2.22. The molecule has 0 unspecified atom stereocenters. The largest absolute Gasteiger partial charge is 0.493 e. The highest BCUT2D eigenvalue weighted by atomic mass is 16.5. The van der Waals surface area contributed by atoms with Gasteiger partial charge in [0.05, 0.1) is 14.2 Å². The van der Waals surface area contributed by atoms with Crippen LogP contribution in [0.3, 0.4) is 0 Å². The number of hydrogen-bond donors (Lipinski definition) is 0. The number of methoxy groups -OCH3 is 2. The molecule has 3 rings (SSSR count). The van der Waals surface area contributed by atoms with Gasteiger partial charge in [-0.25, -0.2) is 0 Å². The zero-order chi connectivity index (χ0) is 16.4. The fourth-order valence-electron chi connectivity index (χ4n) is 2.30. The Morgan fingerprint density at radius 2 is 1.35 bits per heavy atom. The van der Waals surface area contributed by atoms with Gasteiger partial charge in [-0.15, -0.1) is 10.2 Å². The molecule has 0 aliphatic rings. The highest BCUT2D eigenvalue weighted by molar-refractivity contribution is 5.62. The van der Waals surface area contributed by atoms with E-state index in [2.05, 4.69) is 24.0 Å². The summed E-state index contributed by atoms with van der Waals surface area (Å²) in [4.78, 5) is 0. The molecule has 0 bridgehead atoms. The highest BCUT2D eigenvalue weighted by Crippen LogP contribution is 2.32. The van der Waals surface area contributed by atoms with E-state index in [0.717, 1.165) is 11.1 Å². The number of benzene rings is 2. The summed E-state index contributed by atoms with van der Waals surface area (Å²) in [6, 6.07) is 11.6. The van der Waals surface area contributed by atoms with Gasteiger partial charge in [-0.05, 0) is 55.3 Å². The highest BCUT2D eigenvalue weighted by Gasteiger charge is 2.13. The lowest BCUT2D eigenvalue weighted by Crippen LogP contribution is -1.90. The first-order chi connectivity index (χ1) is 11.1. The molecule has 118 valence electrons. The molecule has 0 saturated heterocycles. The zero-order valence-electron chi connectivity index (χ0n) is 13.6. The Hall–Kier alpha value is -2.82. The van der Waals surface area contributed by atoms with Crippen molar-refractivity contribution in [1.29, 1.82) is 0 Å². The molecule has 0 amide bonds. The second-order valence-electron chi connectivity index (χ2n) is 5.28. The topological polar surface area (TPSA) is 57.4 Å². The summed E-state index contributed by atoms with van der Waals surface area (Å²) in [6.07, 6.45) is 0. The normalized spacial score (nSPS) is 10.6. The second kappa shape index (κ2) is 6.12. The molecule has 5 nitrogen and oxygen atoms in total. The smallest absolute Gasteiger partial charge is 0.248 e. The van der Waals surface area contributed by atoms with E-state index in [4.69, 9.17) is 13.9 Å². The maximum Gasteiger partial charge on any atom is 0.248 e. The molecule has 5 heteroatoms. The first-order valence-electron chi connectivity index (χ1n) is 7.26. The predicted octanol–water partition coefficient (Wildman–Crippen LogP) is 4.04. The quantitative estimate of drug-likeness (QED) is 0.728. The molecule has 1 aromatic heterocycles. The first-order valence-corrected chi connectivity index (χ1v) is 7.26. The average Bonchev–Trinajstić information content (AvgIpc) is 3.06.